The average Bonchev–Trinajstić information content (AvgIpc) is 2.57. The Labute approximate surface area is 113 Å². The summed E-state index contributed by atoms with van der Waals surface area (Å²) in [5.74, 6) is 6.99. The number of aryl methyl sites for hydroxylation is 1. The van der Waals surface area contributed by atoms with Crippen molar-refractivity contribution in [2.45, 2.75) is 19.6 Å². The molecular weight excluding hydrogens is 236 g/mol. The number of nitrogens with zero attached hydrogens (tertiary/aromatic N) is 1. The fraction of sp³-hybridized carbons (Fsp3) is 0.250. The van der Waals surface area contributed by atoms with Gasteiger partial charge in [0.1, 0.15) is 11.9 Å². The fourth-order valence-electron chi connectivity index (χ4n) is 2.39. The Morgan fingerprint density at radius 3 is 2.63 bits per heavy atom. The Morgan fingerprint density at radius 2 is 1.84 bits per heavy atom. The largest absolute Gasteiger partial charge is 0.484 e. The summed E-state index contributed by atoms with van der Waals surface area (Å²) in [5, 5.41) is 1.82. The number of hydrogen-bond donors (Lipinski definition) is 1. The van der Waals surface area contributed by atoms with E-state index in [2.05, 4.69) is 37.3 Å². The summed E-state index contributed by atoms with van der Waals surface area (Å²) in [5.41, 5.74) is 3.56. The van der Waals surface area contributed by atoms with Crippen molar-refractivity contribution in [3.8, 4) is 5.75 Å². The average molecular weight is 254 g/mol. The molecular formula is C16H18N2O. The number of rotatable bonds is 1. The summed E-state index contributed by atoms with van der Waals surface area (Å²) in [7, 11) is 0. The first-order valence-corrected chi connectivity index (χ1v) is 6.53. The molecule has 2 aromatic rings. The topological polar surface area (TPSA) is 38.5 Å². The predicted molar refractivity (Wildman–Crippen MR) is 75.6 cm³/mol. The lowest BCUT2D eigenvalue weighted by Crippen LogP contribution is -2.33. The van der Waals surface area contributed by atoms with Crippen molar-refractivity contribution in [2.75, 3.05) is 6.54 Å². The lowest BCUT2D eigenvalue weighted by atomic mass is 10.1. The molecule has 19 heavy (non-hydrogen) atoms. The first-order chi connectivity index (χ1) is 9.22. The number of hydrazine groups is 1. The molecule has 3 heteroatoms. The first kappa shape index (κ1) is 12.2. The number of fused-ring (bicyclic) bond motifs is 1. The summed E-state index contributed by atoms with van der Waals surface area (Å²) >= 11 is 0. The molecule has 1 unspecified atom stereocenters. The normalized spacial score (nSPS) is 19.4. The smallest absolute Gasteiger partial charge is 0.138 e. The minimum Gasteiger partial charge on any atom is -0.484 e. The summed E-state index contributed by atoms with van der Waals surface area (Å²) in [6.07, 6.45) is -0.0192. The Kier molecular flexibility index (Phi) is 3.23. The van der Waals surface area contributed by atoms with E-state index in [-0.39, 0.29) is 6.10 Å². The maximum Gasteiger partial charge on any atom is 0.138 e. The summed E-state index contributed by atoms with van der Waals surface area (Å²) in [6.45, 7) is 3.50. The monoisotopic (exact) mass is 254 g/mol. The molecule has 0 bridgehead atoms. The van der Waals surface area contributed by atoms with Crippen LogP contribution in [0, 0.1) is 6.92 Å². The van der Waals surface area contributed by atoms with Crippen molar-refractivity contribution in [3.63, 3.8) is 0 Å². The van der Waals surface area contributed by atoms with Gasteiger partial charge in [0.2, 0.25) is 0 Å². The molecule has 1 aliphatic rings. The zero-order valence-electron chi connectivity index (χ0n) is 11.0. The maximum atomic E-state index is 6.13. The van der Waals surface area contributed by atoms with Crippen LogP contribution in [0.4, 0.5) is 0 Å². The van der Waals surface area contributed by atoms with Crippen LogP contribution in [0.25, 0.3) is 0 Å². The van der Waals surface area contributed by atoms with Gasteiger partial charge in [-0.25, -0.2) is 5.01 Å². The van der Waals surface area contributed by atoms with Crippen LogP contribution in [0.3, 0.4) is 0 Å². The van der Waals surface area contributed by atoms with E-state index in [0.717, 1.165) is 23.4 Å². The molecule has 3 nitrogen and oxygen atoms in total. The van der Waals surface area contributed by atoms with E-state index in [9.17, 15) is 0 Å². The zero-order valence-corrected chi connectivity index (χ0v) is 11.0. The van der Waals surface area contributed by atoms with Crippen molar-refractivity contribution in [1.29, 1.82) is 0 Å². The van der Waals surface area contributed by atoms with E-state index in [1.807, 2.05) is 23.2 Å². The quantitative estimate of drug-likeness (QED) is 0.795. The van der Waals surface area contributed by atoms with Crippen LogP contribution in [0.2, 0.25) is 0 Å². The van der Waals surface area contributed by atoms with Gasteiger partial charge in [0, 0.05) is 12.1 Å². The standard InChI is InChI=1S/C16H18N2O/c1-12-6-8-13(9-7-12)16-11-18(17)10-14-4-2-3-5-15(14)19-16/h2-9,16H,10-11,17H2,1H3. The highest BCUT2D eigenvalue weighted by atomic mass is 16.5. The Bertz CT molecular complexity index is 565. The third kappa shape index (κ3) is 2.62. The molecule has 0 aromatic heterocycles. The predicted octanol–water partition coefficient (Wildman–Crippen LogP) is 2.80. The second-order valence-corrected chi connectivity index (χ2v) is 5.05. The second kappa shape index (κ2) is 5.03. The molecule has 0 saturated carbocycles. The summed E-state index contributed by atoms with van der Waals surface area (Å²) in [6, 6.07) is 16.5. The number of para-hydroxylation sites is 1. The Balaban J connectivity index is 1.93. The lowest BCUT2D eigenvalue weighted by molar-refractivity contribution is 0.149. The molecule has 0 spiro atoms. The highest BCUT2D eigenvalue weighted by molar-refractivity contribution is 5.35. The minimum absolute atomic E-state index is 0.0192. The van der Waals surface area contributed by atoms with E-state index in [4.69, 9.17) is 10.6 Å². The minimum atomic E-state index is -0.0192. The van der Waals surface area contributed by atoms with Gasteiger partial charge in [0.05, 0.1) is 6.54 Å². The van der Waals surface area contributed by atoms with Crippen molar-refractivity contribution in [1.82, 2.24) is 5.01 Å². The third-order valence-electron chi connectivity index (χ3n) is 3.46. The van der Waals surface area contributed by atoms with Crippen LogP contribution in [-0.2, 0) is 6.54 Å². The molecule has 1 aliphatic heterocycles. The molecule has 0 radical (unpaired) electrons. The van der Waals surface area contributed by atoms with Crippen molar-refractivity contribution < 1.29 is 4.74 Å². The van der Waals surface area contributed by atoms with Gasteiger partial charge in [-0.2, -0.15) is 0 Å². The van der Waals surface area contributed by atoms with Gasteiger partial charge in [0.15, 0.2) is 0 Å². The van der Waals surface area contributed by atoms with Crippen LogP contribution in [0.15, 0.2) is 48.5 Å². The molecule has 0 saturated heterocycles. The first-order valence-electron chi connectivity index (χ1n) is 6.53. The zero-order chi connectivity index (χ0) is 13.2. The highest BCUT2D eigenvalue weighted by Crippen LogP contribution is 2.29. The molecule has 1 atom stereocenters. The molecule has 2 aromatic carbocycles. The lowest BCUT2D eigenvalue weighted by Gasteiger charge is -2.20. The van der Waals surface area contributed by atoms with E-state index in [0.29, 0.717) is 6.54 Å². The van der Waals surface area contributed by atoms with Gasteiger partial charge in [-0.05, 0) is 18.6 Å². The molecule has 0 aliphatic carbocycles. The van der Waals surface area contributed by atoms with Gasteiger partial charge in [0.25, 0.3) is 0 Å². The van der Waals surface area contributed by atoms with Crippen LogP contribution in [0.5, 0.6) is 5.75 Å². The van der Waals surface area contributed by atoms with Gasteiger partial charge in [-0.3, -0.25) is 5.84 Å². The fourth-order valence-corrected chi connectivity index (χ4v) is 2.39. The van der Waals surface area contributed by atoms with Crippen LogP contribution in [0.1, 0.15) is 22.8 Å². The summed E-state index contributed by atoms with van der Waals surface area (Å²) in [4.78, 5) is 0. The Hall–Kier alpha value is -1.84. The molecule has 98 valence electrons. The molecule has 0 amide bonds. The van der Waals surface area contributed by atoms with Crippen molar-refractivity contribution in [3.05, 3.63) is 65.2 Å². The van der Waals surface area contributed by atoms with Crippen LogP contribution in [-0.4, -0.2) is 11.6 Å². The number of ether oxygens (including phenoxy) is 1. The summed E-state index contributed by atoms with van der Waals surface area (Å²) < 4.78 is 6.13. The van der Waals surface area contributed by atoms with E-state index in [1.165, 1.54) is 5.56 Å². The number of hydrogen-bond acceptors (Lipinski definition) is 3. The third-order valence-corrected chi connectivity index (χ3v) is 3.46. The molecule has 2 N–H and O–H groups in total. The number of benzene rings is 2. The van der Waals surface area contributed by atoms with Gasteiger partial charge < -0.3 is 4.74 Å². The Morgan fingerprint density at radius 1 is 1.11 bits per heavy atom. The highest BCUT2D eigenvalue weighted by Gasteiger charge is 2.22. The molecule has 3 rings (SSSR count). The molecule has 1 heterocycles. The van der Waals surface area contributed by atoms with E-state index in [1.54, 1.807) is 0 Å². The van der Waals surface area contributed by atoms with Crippen molar-refractivity contribution in [2.24, 2.45) is 5.84 Å². The van der Waals surface area contributed by atoms with Gasteiger partial charge in [-0.1, -0.05) is 48.0 Å². The van der Waals surface area contributed by atoms with Gasteiger partial charge >= 0.3 is 0 Å². The van der Waals surface area contributed by atoms with Gasteiger partial charge in [-0.15, -0.1) is 0 Å². The SMILES string of the molecule is Cc1ccc(C2CN(N)Cc3ccccc3O2)cc1. The van der Waals surface area contributed by atoms with Crippen LogP contribution >= 0.6 is 0 Å². The van der Waals surface area contributed by atoms with Crippen molar-refractivity contribution >= 4 is 0 Å². The van der Waals surface area contributed by atoms with E-state index < -0.39 is 0 Å². The van der Waals surface area contributed by atoms with Crippen LogP contribution < -0.4 is 10.6 Å². The van der Waals surface area contributed by atoms with E-state index >= 15 is 0 Å². The number of nitrogens with two attached hydrogens (primary N) is 1. The molecule has 0 fully saturated rings. The second-order valence-electron chi connectivity index (χ2n) is 5.05. The maximum absolute atomic E-state index is 6.13.